The van der Waals surface area contributed by atoms with Crippen molar-refractivity contribution in [3.8, 4) is 11.5 Å². The minimum Gasteiger partial charge on any atom is -0.478 e. The SMILES string of the molecule is O=C(O)c1cccc(Cl)c1Oc1ccc(I)cc1. The van der Waals surface area contributed by atoms with Gasteiger partial charge in [-0.3, -0.25) is 0 Å². The van der Waals surface area contributed by atoms with Gasteiger partial charge in [0.15, 0.2) is 5.75 Å². The van der Waals surface area contributed by atoms with Gasteiger partial charge in [0, 0.05) is 3.57 Å². The van der Waals surface area contributed by atoms with Gasteiger partial charge in [-0.1, -0.05) is 17.7 Å². The maximum absolute atomic E-state index is 11.1. The standard InChI is InChI=1S/C13H8ClIO3/c14-11-3-1-2-10(13(16)17)12(11)18-9-6-4-8(15)5-7-9/h1-7H,(H,16,17). The molecule has 0 aliphatic carbocycles. The van der Waals surface area contributed by atoms with Gasteiger partial charge in [-0.2, -0.15) is 0 Å². The summed E-state index contributed by atoms with van der Waals surface area (Å²) < 4.78 is 6.61. The summed E-state index contributed by atoms with van der Waals surface area (Å²) in [4.78, 5) is 11.1. The number of para-hydroxylation sites is 1. The van der Waals surface area contributed by atoms with Crippen molar-refractivity contribution in [2.75, 3.05) is 0 Å². The Morgan fingerprint density at radius 2 is 1.83 bits per heavy atom. The lowest BCUT2D eigenvalue weighted by atomic mass is 10.2. The first-order valence-corrected chi connectivity index (χ1v) is 6.49. The zero-order chi connectivity index (χ0) is 13.1. The fraction of sp³-hybridized carbons (Fsp3) is 0. The van der Waals surface area contributed by atoms with Crippen LogP contribution in [0.3, 0.4) is 0 Å². The Kier molecular flexibility index (Phi) is 4.08. The quantitative estimate of drug-likeness (QED) is 0.808. The van der Waals surface area contributed by atoms with Crippen LogP contribution in [0.4, 0.5) is 0 Å². The van der Waals surface area contributed by atoms with Crippen LogP contribution in [-0.4, -0.2) is 11.1 Å². The van der Waals surface area contributed by atoms with Crippen LogP contribution in [0.2, 0.25) is 5.02 Å². The van der Waals surface area contributed by atoms with Crippen molar-refractivity contribution in [3.05, 3.63) is 56.6 Å². The molecular weight excluding hydrogens is 366 g/mol. The van der Waals surface area contributed by atoms with Crippen LogP contribution in [0.5, 0.6) is 11.5 Å². The number of hydrogen-bond acceptors (Lipinski definition) is 2. The summed E-state index contributed by atoms with van der Waals surface area (Å²) in [5, 5.41) is 9.34. The number of aromatic carboxylic acids is 1. The number of ether oxygens (including phenoxy) is 1. The molecule has 0 saturated carbocycles. The molecule has 18 heavy (non-hydrogen) atoms. The van der Waals surface area contributed by atoms with Crippen molar-refractivity contribution >= 4 is 40.2 Å². The molecule has 0 heterocycles. The van der Waals surface area contributed by atoms with Crippen molar-refractivity contribution in [1.82, 2.24) is 0 Å². The molecule has 0 unspecified atom stereocenters. The van der Waals surface area contributed by atoms with Gasteiger partial charge in [0.05, 0.1) is 5.02 Å². The molecule has 0 fully saturated rings. The average Bonchev–Trinajstić information content (AvgIpc) is 2.34. The van der Waals surface area contributed by atoms with E-state index in [-0.39, 0.29) is 16.3 Å². The van der Waals surface area contributed by atoms with Crippen LogP contribution in [0.15, 0.2) is 42.5 Å². The lowest BCUT2D eigenvalue weighted by molar-refractivity contribution is 0.0694. The molecule has 0 aliphatic rings. The number of hydrogen-bond donors (Lipinski definition) is 1. The van der Waals surface area contributed by atoms with E-state index in [9.17, 15) is 4.79 Å². The molecule has 0 amide bonds. The fourth-order valence-electron chi connectivity index (χ4n) is 1.40. The first-order chi connectivity index (χ1) is 8.58. The van der Waals surface area contributed by atoms with Crippen LogP contribution < -0.4 is 4.74 Å². The fourth-order valence-corrected chi connectivity index (χ4v) is 1.97. The molecule has 0 atom stereocenters. The molecular formula is C13H8ClIO3. The van der Waals surface area contributed by atoms with Crippen LogP contribution >= 0.6 is 34.2 Å². The summed E-state index contributed by atoms with van der Waals surface area (Å²) in [5.41, 5.74) is 0.0426. The number of carboxylic acid groups (broad SMARTS) is 1. The summed E-state index contributed by atoms with van der Waals surface area (Å²) in [6.45, 7) is 0. The molecule has 0 saturated heterocycles. The average molecular weight is 375 g/mol. The Morgan fingerprint density at radius 1 is 1.17 bits per heavy atom. The number of halogens is 2. The van der Waals surface area contributed by atoms with E-state index in [0.29, 0.717) is 5.75 Å². The maximum Gasteiger partial charge on any atom is 0.339 e. The summed E-state index contributed by atoms with van der Waals surface area (Å²) >= 11 is 8.14. The number of carboxylic acids is 1. The Bertz CT molecular complexity index is 581. The Hall–Kier alpha value is -1.27. The number of benzene rings is 2. The Labute approximate surface area is 122 Å². The normalized spacial score (nSPS) is 10.1. The molecule has 0 radical (unpaired) electrons. The van der Waals surface area contributed by atoms with E-state index in [0.717, 1.165) is 3.57 Å². The van der Waals surface area contributed by atoms with Crippen molar-refractivity contribution in [2.45, 2.75) is 0 Å². The molecule has 0 aliphatic heterocycles. The molecule has 0 aromatic heterocycles. The Morgan fingerprint density at radius 3 is 2.44 bits per heavy atom. The highest BCUT2D eigenvalue weighted by Gasteiger charge is 2.15. The van der Waals surface area contributed by atoms with E-state index < -0.39 is 5.97 Å². The van der Waals surface area contributed by atoms with Crippen LogP contribution in [-0.2, 0) is 0 Å². The van der Waals surface area contributed by atoms with Gasteiger partial charge in [0.25, 0.3) is 0 Å². The molecule has 1 N–H and O–H groups in total. The van der Waals surface area contributed by atoms with E-state index in [2.05, 4.69) is 22.6 Å². The van der Waals surface area contributed by atoms with Gasteiger partial charge in [-0.15, -0.1) is 0 Å². The lowest BCUT2D eigenvalue weighted by Gasteiger charge is -2.10. The second-order valence-corrected chi connectivity index (χ2v) is 5.13. The second-order valence-electron chi connectivity index (χ2n) is 3.48. The topological polar surface area (TPSA) is 46.5 Å². The zero-order valence-corrected chi connectivity index (χ0v) is 12.0. The molecule has 3 nitrogen and oxygen atoms in total. The minimum absolute atomic E-state index is 0.0426. The molecule has 2 rings (SSSR count). The molecule has 5 heteroatoms. The summed E-state index contributed by atoms with van der Waals surface area (Å²) in [5.74, 6) is -0.364. The zero-order valence-electron chi connectivity index (χ0n) is 9.06. The van der Waals surface area contributed by atoms with Crippen LogP contribution in [0.25, 0.3) is 0 Å². The Balaban J connectivity index is 2.39. The lowest BCUT2D eigenvalue weighted by Crippen LogP contribution is -2.00. The van der Waals surface area contributed by atoms with E-state index >= 15 is 0 Å². The van der Waals surface area contributed by atoms with Crippen molar-refractivity contribution in [2.24, 2.45) is 0 Å². The van der Waals surface area contributed by atoms with Gasteiger partial charge >= 0.3 is 5.97 Å². The van der Waals surface area contributed by atoms with Crippen molar-refractivity contribution in [3.63, 3.8) is 0 Å². The van der Waals surface area contributed by atoms with Gasteiger partial charge in [0.1, 0.15) is 11.3 Å². The predicted octanol–water partition coefficient (Wildman–Crippen LogP) is 4.44. The van der Waals surface area contributed by atoms with Gasteiger partial charge < -0.3 is 9.84 Å². The van der Waals surface area contributed by atoms with Crippen molar-refractivity contribution < 1.29 is 14.6 Å². The molecule has 0 spiro atoms. The monoisotopic (exact) mass is 374 g/mol. The maximum atomic E-state index is 11.1. The number of rotatable bonds is 3. The number of carbonyl (C=O) groups is 1. The van der Waals surface area contributed by atoms with E-state index in [1.807, 2.05) is 12.1 Å². The first-order valence-electron chi connectivity index (χ1n) is 5.03. The highest BCUT2D eigenvalue weighted by molar-refractivity contribution is 14.1. The predicted molar refractivity (Wildman–Crippen MR) is 77.6 cm³/mol. The summed E-state index contributed by atoms with van der Waals surface area (Å²) in [6.07, 6.45) is 0. The summed E-state index contributed by atoms with van der Waals surface area (Å²) in [7, 11) is 0. The smallest absolute Gasteiger partial charge is 0.339 e. The molecule has 0 bridgehead atoms. The highest BCUT2D eigenvalue weighted by Crippen LogP contribution is 2.33. The highest BCUT2D eigenvalue weighted by atomic mass is 127. The van der Waals surface area contributed by atoms with Crippen molar-refractivity contribution in [1.29, 1.82) is 0 Å². The third-order valence-electron chi connectivity index (χ3n) is 2.23. The molecule has 2 aromatic carbocycles. The third kappa shape index (κ3) is 2.94. The van der Waals surface area contributed by atoms with E-state index in [1.54, 1.807) is 24.3 Å². The largest absolute Gasteiger partial charge is 0.478 e. The second kappa shape index (κ2) is 5.58. The van der Waals surface area contributed by atoms with E-state index in [4.69, 9.17) is 21.4 Å². The van der Waals surface area contributed by atoms with Gasteiger partial charge in [-0.05, 0) is 59.0 Å². The molecule has 2 aromatic rings. The van der Waals surface area contributed by atoms with Crippen LogP contribution in [0.1, 0.15) is 10.4 Å². The van der Waals surface area contributed by atoms with Crippen LogP contribution in [0, 0.1) is 3.57 Å². The molecule has 92 valence electrons. The third-order valence-corrected chi connectivity index (χ3v) is 3.25. The minimum atomic E-state index is -1.07. The van der Waals surface area contributed by atoms with E-state index in [1.165, 1.54) is 6.07 Å². The summed E-state index contributed by atoms with van der Waals surface area (Å²) in [6, 6.07) is 11.9. The first kappa shape index (κ1) is 13.2. The van der Waals surface area contributed by atoms with Gasteiger partial charge in [0.2, 0.25) is 0 Å². The van der Waals surface area contributed by atoms with Gasteiger partial charge in [-0.25, -0.2) is 4.79 Å².